The molecular weight excluding hydrogens is 212 g/mol. The van der Waals surface area contributed by atoms with Gasteiger partial charge in [-0.1, -0.05) is 38.1 Å². The molecule has 1 heterocycles. The van der Waals surface area contributed by atoms with Crippen molar-refractivity contribution in [3.05, 3.63) is 36.5 Å². The summed E-state index contributed by atoms with van der Waals surface area (Å²) >= 11 is 0. The van der Waals surface area contributed by atoms with Gasteiger partial charge in [0.15, 0.2) is 0 Å². The molecule has 2 aromatic rings. The van der Waals surface area contributed by atoms with E-state index in [9.17, 15) is 5.11 Å². The van der Waals surface area contributed by atoms with Gasteiger partial charge in [-0.15, -0.1) is 0 Å². The summed E-state index contributed by atoms with van der Waals surface area (Å²) < 4.78 is 0. The standard InChI is InChI=1S/C14H18N2O/c1-10(2)13(17)9-16-14-12-6-4-3-5-11(12)7-8-15-14/h3-8,10,13,17H,9H2,1-2H3,(H,15,16). The minimum atomic E-state index is -0.351. The van der Waals surface area contributed by atoms with E-state index in [4.69, 9.17) is 0 Å². The van der Waals surface area contributed by atoms with E-state index < -0.39 is 0 Å². The van der Waals surface area contributed by atoms with Crippen molar-refractivity contribution >= 4 is 16.6 Å². The predicted molar refractivity (Wildman–Crippen MR) is 71.1 cm³/mol. The van der Waals surface area contributed by atoms with Crippen molar-refractivity contribution in [1.82, 2.24) is 4.98 Å². The zero-order chi connectivity index (χ0) is 12.3. The van der Waals surface area contributed by atoms with Crippen LogP contribution < -0.4 is 5.32 Å². The molecular formula is C14H18N2O. The predicted octanol–water partition coefficient (Wildman–Crippen LogP) is 2.66. The molecule has 2 rings (SSSR count). The van der Waals surface area contributed by atoms with E-state index in [0.717, 1.165) is 16.6 Å². The molecule has 3 heteroatoms. The maximum Gasteiger partial charge on any atom is 0.133 e. The van der Waals surface area contributed by atoms with Gasteiger partial charge in [0.2, 0.25) is 0 Å². The Labute approximate surface area is 102 Å². The van der Waals surface area contributed by atoms with Gasteiger partial charge in [0.05, 0.1) is 6.10 Å². The van der Waals surface area contributed by atoms with Crippen LogP contribution in [0, 0.1) is 5.92 Å². The van der Waals surface area contributed by atoms with Crippen LogP contribution in [0.4, 0.5) is 5.82 Å². The Balaban J connectivity index is 2.19. The molecule has 1 aromatic heterocycles. The summed E-state index contributed by atoms with van der Waals surface area (Å²) in [7, 11) is 0. The summed E-state index contributed by atoms with van der Waals surface area (Å²) in [5.41, 5.74) is 0. The number of fused-ring (bicyclic) bond motifs is 1. The summed E-state index contributed by atoms with van der Waals surface area (Å²) in [6, 6.07) is 10.1. The first kappa shape index (κ1) is 11.9. The third kappa shape index (κ3) is 2.74. The molecule has 17 heavy (non-hydrogen) atoms. The molecule has 0 aliphatic rings. The van der Waals surface area contributed by atoms with Crippen molar-refractivity contribution in [1.29, 1.82) is 0 Å². The normalized spacial score (nSPS) is 12.9. The Morgan fingerprint density at radius 2 is 2.00 bits per heavy atom. The Hall–Kier alpha value is -1.61. The molecule has 90 valence electrons. The Bertz CT molecular complexity index is 491. The first-order valence-corrected chi connectivity index (χ1v) is 5.94. The van der Waals surface area contributed by atoms with E-state index >= 15 is 0 Å². The lowest BCUT2D eigenvalue weighted by Crippen LogP contribution is -2.25. The zero-order valence-electron chi connectivity index (χ0n) is 10.2. The Morgan fingerprint density at radius 3 is 2.76 bits per heavy atom. The minimum absolute atomic E-state index is 0.248. The van der Waals surface area contributed by atoms with Crippen LogP contribution in [-0.4, -0.2) is 22.7 Å². The molecule has 0 saturated carbocycles. The molecule has 0 spiro atoms. The number of aliphatic hydroxyl groups excluding tert-OH is 1. The molecule has 0 aliphatic heterocycles. The number of aliphatic hydroxyl groups is 1. The lowest BCUT2D eigenvalue weighted by molar-refractivity contribution is 0.138. The second-order valence-electron chi connectivity index (χ2n) is 4.57. The summed E-state index contributed by atoms with van der Waals surface area (Å²) in [4.78, 5) is 4.32. The fourth-order valence-corrected chi connectivity index (χ4v) is 1.70. The van der Waals surface area contributed by atoms with Crippen LogP contribution in [0.15, 0.2) is 36.5 Å². The van der Waals surface area contributed by atoms with Gasteiger partial charge in [0.1, 0.15) is 5.82 Å². The van der Waals surface area contributed by atoms with E-state index in [1.807, 2.05) is 38.1 Å². The molecule has 0 amide bonds. The van der Waals surface area contributed by atoms with Crippen LogP contribution in [0.2, 0.25) is 0 Å². The Kier molecular flexibility index (Phi) is 3.59. The molecule has 2 N–H and O–H groups in total. The number of pyridine rings is 1. The SMILES string of the molecule is CC(C)C(O)CNc1nccc2ccccc12. The third-order valence-electron chi connectivity index (χ3n) is 2.92. The van der Waals surface area contributed by atoms with Gasteiger partial charge in [-0.2, -0.15) is 0 Å². The minimum Gasteiger partial charge on any atom is -0.391 e. The molecule has 0 aliphatic carbocycles. The van der Waals surface area contributed by atoms with Crippen molar-refractivity contribution in [3.8, 4) is 0 Å². The molecule has 0 saturated heterocycles. The van der Waals surface area contributed by atoms with Crippen LogP contribution in [0.3, 0.4) is 0 Å². The van der Waals surface area contributed by atoms with Crippen molar-refractivity contribution in [3.63, 3.8) is 0 Å². The molecule has 0 radical (unpaired) electrons. The topological polar surface area (TPSA) is 45.1 Å². The Morgan fingerprint density at radius 1 is 1.24 bits per heavy atom. The van der Waals surface area contributed by atoms with Crippen molar-refractivity contribution in [2.24, 2.45) is 5.92 Å². The largest absolute Gasteiger partial charge is 0.391 e. The number of nitrogens with one attached hydrogen (secondary N) is 1. The highest BCUT2D eigenvalue weighted by atomic mass is 16.3. The van der Waals surface area contributed by atoms with Gasteiger partial charge in [-0.25, -0.2) is 4.98 Å². The van der Waals surface area contributed by atoms with E-state index in [2.05, 4.69) is 16.4 Å². The van der Waals surface area contributed by atoms with E-state index in [-0.39, 0.29) is 12.0 Å². The van der Waals surface area contributed by atoms with Crippen molar-refractivity contribution in [2.45, 2.75) is 20.0 Å². The fraction of sp³-hybridized carbons (Fsp3) is 0.357. The number of hydrogen-bond donors (Lipinski definition) is 2. The molecule has 0 fully saturated rings. The van der Waals surface area contributed by atoms with Gasteiger partial charge in [-0.05, 0) is 17.4 Å². The van der Waals surface area contributed by atoms with E-state index in [0.29, 0.717) is 6.54 Å². The van der Waals surface area contributed by atoms with Gasteiger partial charge >= 0.3 is 0 Å². The van der Waals surface area contributed by atoms with Crippen LogP contribution in [-0.2, 0) is 0 Å². The van der Waals surface area contributed by atoms with Crippen LogP contribution in [0.25, 0.3) is 10.8 Å². The van der Waals surface area contributed by atoms with Gasteiger partial charge in [0, 0.05) is 18.1 Å². The quantitative estimate of drug-likeness (QED) is 0.848. The zero-order valence-corrected chi connectivity index (χ0v) is 10.2. The molecule has 3 nitrogen and oxygen atoms in total. The number of anilines is 1. The second-order valence-corrected chi connectivity index (χ2v) is 4.57. The fourth-order valence-electron chi connectivity index (χ4n) is 1.70. The smallest absolute Gasteiger partial charge is 0.133 e. The number of aromatic nitrogens is 1. The third-order valence-corrected chi connectivity index (χ3v) is 2.92. The van der Waals surface area contributed by atoms with Crippen molar-refractivity contribution in [2.75, 3.05) is 11.9 Å². The lowest BCUT2D eigenvalue weighted by Gasteiger charge is -2.16. The molecule has 0 bridgehead atoms. The second kappa shape index (κ2) is 5.15. The summed E-state index contributed by atoms with van der Waals surface area (Å²) in [6.45, 7) is 4.53. The van der Waals surface area contributed by atoms with E-state index in [1.54, 1.807) is 6.20 Å². The highest BCUT2D eigenvalue weighted by Gasteiger charge is 2.09. The first-order chi connectivity index (χ1) is 8.18. The number of hydrogen-bond acceptors (Lipinski definition) is 3. The summed E-state index contributed by atoms with van der Waals surface area (Å²) in [6.07, 6.45) is 1.43. The van der Waals surface area contributed by atoms with Gasteiger partial charge < -0.3 is 10.4 Å². The highest BCUT2D eigenvalue weighted by Crippen LogP contribution is 2.20. The molecule has 1 atom stereocenters. The lowest BCUT2D eigenvalue weighted by atomic mass is 10.1. The van der Waals surface area contributed by atoms with Gasteiger partial charge in [-0.3, -0.25) is 0 Å². The number of nitrogens with zero attached hydrogens (tertiary/aromatic N) is 1. The van der Waals surface area contributed by atoms with Crippen molar-refractivity contribution < 1.29 is 5.11 Å². The maximum atomic E-state index is 9.77. The maximum absolute atomic E-state index is 9.77. The summed E-state index contributed by atoms with van der Waals surface area (Å²) in [5.74, 6) is 1.08. The average molecular weight is 230 g/mol. The molecule has 1 aromatic carbocycles. The average Bonchev–Trinajstić information content (AvgIpc) is 2.35. The monoisotopic (exact) mass is 230 g/mol. The molecule has 1 unspecified atom stereocenters. The summed E-state index contributed by atoms with van der Waals surface area (Å²) in [5, 5.41) is 15.2. The van der Waals surface area contributed by atoms with Crippen LogP contribution >= 0.6 is 0 Å². The van der Waals surface area contributed by atoms with E-state index in [1.165, 1.54) is 0 Å². The number of rotatable bonds is 4. The first-order valence-electron chi connectivity index (χ1n) is 5.94. The van der Waals surface area contributed by atoms with Crippen LogP contribution in [0.5, 0.6) is 0 Å². The highest BCUT2D eigenvalue weighted by molar-refractivity contribution is 5.91. The number of benzene rings is 1. The van der Waals surface area contributed by atoms with Gasteiger partial charge in [0.25, 0.3) is 0 Å². The van der Waals surface area contributed by atoms with Crippen LogP contribution in [0.1, 0.15) is 13.8 Å².